The highest BCUT2D eigenvalue weighted by Gasteiger charge is 2.26. The Balaban J connectivity index is 1.90. The zero-order chi connectivity index (χ0) is 14.3. The van der Waals surface area contributed by atoms with Crippen molar-refractivity contribution in [2.45, 2.75) is 19.9 Å². The fourth-order valence-corrected chi connectivity index (χ4v) is 2.74. The van der Waals surface area contributed by atoms with Crippen molar-refractivity contribution >= 4 is 11.6 Å². The van der Waals surface area contributed by atoms with Crippen molar-refractivity contribution in [3.63, 3.8) is 0 Å². The summed E-state index contributed by atoms with van der Waals surface area (Å²) in [5, 5.41) is 8.05. The summed E-state index contributed by atoms with van der Waals surface area (Å²) >= 11 is 0. The molecular weight excluding hydrogens is 254 g/mol. The fourth-order valence-electron chi connectivity index (χ4n) is 2.74. The van der Waals surface area contributed by atoms with Crippen LogP contribution in [0.5, 0.6) is 0 Å². The molecule has 0 aromatic carbocycles. The summed E-state index contributed by atoms with van der Waals surface area (Å²) in [5.74, 6) is 0.877. The van der Waals surface area contributed by atoms with Crippen LogP contribution in [0.4, 0.5) is 0 Å². The van der Waals surface area contributed by atoms with Gasteiger partial charge in [-0.25, -0.2) is 0 Å². The minimum Gasteiger partial charge on any atom is -0.333 e. The number of fused-ring (bicyclic) bond motifs is 1. The van der Waals surface area contributed by atoms with Gasteiger partial charge in [0.05, 0.1) is 5.56 Å². The van der Waals surface area contributed by atoms with Crippen molar-refractivity contribution in [3.8, 4) is 0 Å². The third kappa shape index (κ3) is 2.16. The molecule has 2 aromatic rings. The van der Waals surface area contributed by atoms with Crippen LogP contribution >= 0.6 is 0 Å². The number of rotatable bonds is 1. The van der Waals surface area contributed by atoms with E-state index in [1.807, 2.05) is 34.6 Å². The average Bonchev–Trinajstić information content (AvgIpc) is 2.79. The van der Waals surface area contributed by atoms with Gasteiger partial charge in [-0.05, 0) is 33.0 Å². The molecule has 20 heavy (non-hydrogen) atoms. The number of amides is 1. The molecule has 2 aromatic heterocycles. The number of aromatic nitrogens is 3. The Hall–Kier alpha value is -1.95. The second-order valence-electron chi connectivity index (χ2n) is 5.50. The van der Waals surface area contributed by atoms with E-state index in [4.69, 9.17) is 0 Å². The Labute approximate surface area is 118 Å². The molecule has 1 unspecified atom stereocenters. The third-order valence-corrected chi connectivity index (χ3v) is 3.91. The van der Waals surface area contributed by atoms with Gasteiger partial charge in [0.15, 0.2) is 5.65 Å². The molecule has 1 saturated heterocycles. The Morgan fingerprint density at radius 1 is 1.30 bits per heavy atom. The van der Waals surface area contributed by atoms with Gasteiger partial charge in [0, 0.05) is 31.9 Å². The topological polar surface area (TPSA) is 53.7 Å². The van der Waals surface area contributed by atoms with Crippen LogP contribution in [0.15, 0.2) is 18.3 Å². The van der Waals surface area contributed by atoms with Crippen LogP contribution in [0.2, 0.25) is 0 Å². The molecule has 3 rings (SSSR count). The molecule has 0 saturated carbocycles. The number of carbonyl (C=O) groups excluding carboxylic acids is 1. The van der Waals surface area contributed by atoms with Crippen molar-refractivity contribution in [3.05, 3.63) is 29.7 Å². The maximum atomic E-state index is 12.6. The molecule has 6 heteroatoms. The second kappa shape index (κ2) is 4.86. The van der Waals surface area contributed by atoms with E-state index in [2.05, 4.69) is 29.1 Å². The van der Waals surface area contributed by atoms with E-state index < -0.39 is 0 Å². The number of hydrogen-bond acceptors (Lipinski definition) is 4. The van der Waals surface area contributed by atoms with Crippen LogP contribution in [0, 0.1) is 6.92 Å². The molecule has 1 fully saturated rings. The van der Waals surface area contributed by atoms with Crippen molar-refractivity contribution in [2.24, 2.45) is 0 Å². The van der Waals surface area contributed by atoms with E-state index in [0.717, 1.165) is 31.1 Å². The Bertz CT molecular complexity index is 650. The van der Waals surface area contributed by atoms with Crippen LogP contribution in [-0.4, -0.2) is 63.0 Å². The van der Waals surface area contributed by atoms with E-state index in [0.29, 0.717) is 5.56 Å². The normalized spacial score (nSPS) is 20.6. The summed E-state index contributed by atoms with van der Waals surface area (Å²) in [6.07, 6.45) is 1.83. The Morgan fingerprint density at radius 3 is 2.85 bits per heavy atom. The van der Waals surface area contributed by atoms with Crippen molar-refractivity contribution in [1.82, 2.24) is 24.4 Å². The van der Waals surface area contributed by atoms with E-state index in [-0.39, 0.29) is 11.9 Å². The zero-order valence-electron chi connectivity index (χ0n) is 12.1. The molecule has 0 spiro atoms. The molecule has 1 atom stereocenters. The minimum absolute atomic E-state index is 0.0839. The maximum absolute atomic E-state index is 12.6. The zero-order valence-corrected chi connectivity index (χ0v) is 12.1. The van der Waals surface area contributed by atoms with Crippen molar-refractivity contribution in [2.75, 3.05) is 26.7 Å². The van der Waals surface area contributed by atoms with Gasteiger partial charge in [-0.3, -0.25) is 9.20 Å². The van der Waals surface area contributed by atoms with Crippen LogP contribution < -0.4 is 0 Å². The third-order valence-electron chi connectivity index (χ3n) is 3.91. The van der Waals surface area contributed by atoms with Gasteiger partial charge in [0.25, 0.3) is 5.91 Å². The van der Waals surface area contributed by atoms with E-state index >= 15 is 0 Å². The molecule has 0 aliphatic carbocycles. The Kier molecular flexibility index (Phi) is 3.17. The number of likely N-dealkylation sites (N-methyl/N-ethyl adjacent to an activating group) is 1. The van der Waals surface area contributed by atoms with Crippen molar-refractivity contribution in [1.29, 1.82) is 0 Å². The van der Waals surface area contributed by atoms with Gasteiger partial charge in [0.2, 0.25) is 0 Å². The monoisotopic (exact) mass is 273 g/mol. The smallest absolute Gasteiger partial charge is 0.255 e. The summed E-state index contributed by atoms with van der Waals surface area (Å²) < 4.78 is 1.86. The molecule has 1 amide bonds. The standard InChI is InChI=1S/C14H19N5O/c1-10-8-17(3)6-7-18(10)14(20)12-4-5-13-16-15-11(2)19(13)9-12/h4-5,9-10H,6-8H2,1-3H3. The summed E-state index contributed by atoms with van der Waals surface area (Å²) in [5.41, 5.74) is 1.46. The second-order valence-corrected chi connectivity index (χ2v) is 5.50. The molecule has 1 aliphatic heterocycles. The average molecular weight is 273 g/mol. The van der Waals surface area contributed by atoms with Crippen molar-refractivity contribution < 1.29 is 4.79 Å². The Morgan fingerprint density at radius 2 is 2.10 bits per heavy atom. The summed E-state index contributed by atoms with van der Waals surface area (Å²) in [6, 6.07) is 3.91. The lowest BCUT2D eigenvalue weighted by atomic mass is 10.1. The van der Waals surface area contributed by atoms with Crippen LogP contribution in [-0.2, 0) is 0 Å². The predicted molar refractivity (Wildman–Crippen MR) is 75.7 cm³/mol. The molecule has 6 nitrogen and oxygen atoms in total. The van der Waals surface area contributed by atoms with E-state index in [9.17, 15) is 4.79 Å². The number of aryl methyl sites for hydroxylation is 1. The molecule has 106 valence electrons. The molecule has 0 N–H and O–H groups in total. The highest BCUT2D eigenvalue weighted by molar-refractivity contribution is 5.94. The van der Waals surface area contributed by atoms with E-state index in [1.165, 1.54) is 0 Å². The first-order chi connectivity index (χ1) is 9.56. The van der Waals surface area contributed by atoms with Gasteiger partial charge in [0.1, 0.15) is 5.82 Å². The van der Waals surface area contributed by atoms with Gasteiger partial charge in [-0.1, -0.05) is 0 Å². The lowest BCUT2D eigenvalue weighted by Gasteiger charge is -2.38. The predicted octanol–water partition coefficient (Wildman–Crippen LogP) is 0.814. The van der Waals surface area contributed by atoms with Gasteiger partial charge in [-0.2, -0.15) is 0 Å². The number of pyridine rings is 1. The lowest BCUT2D eigenvalue weighted by Crippen LogP contribution is -2.52. The SMILES string of the molecule is Cc1nnc2ccc(C(=O)N3CCN(C)CC3C)cn12. The first-order valence-electron chi connectivity index (χ1n) is 6.87. The van der Waals surface area contributed by atoms with Gasteiger partial charge >= 0.3 is 0 Å². The van der Waals surface area contributed by atoms with Crippen LogP contribution in [0.25, 0.3) is 5.65 Å². The van der Waals surface area contributed by atoms with Crippen LogP contribution in [0.1, 0.15) is 23.1 Å². The summed E-state index contributed by atoms with van der Waals surface area (Å²) in [7, 11) is 2.09. The molecule has 3 heterocycles. The molecule has 0 radical (unpaired) electrons. The molecular formula is C14H19N5O. The first-order valence-corrected chi connectivity index (χ1v) is 6.87. The van der Waals surface area contributed by atoms with Crippen LogP contribution in [0.3, 0.4) is 0 Å². The minimum atomic E-state index is 0.0839. The number of nitrogens with zero attached hydrogens (tertiary/aromatic N) is 5. The quantitative estimate of drug-likeness (QED) is 0.771. The largest absolute Gasteiger partial charge is 0.333 e. The maximum Gasteiger partial charge on any atom is 0.255 e. The van der Waals surface area contributed by atoms with E-state index in [1.54, 1.807) is 0 Å². The number of hydrogen-bond donors (Lipinski definition) is 0. The highest BCUT2D eigenvalue weighted by Crippen LogP contribution is 2.14. The summed E-state index contributed by atoms with van der Waals surface area (Å²) in [4.78, 5) is 16.8. The van der Waals surface area contributed by atoms with Gasteiger partial charge in [-0.15, -0.1) is 10.2 Å². The number of carbonyl (C=O) groups is 1. The number of piperazine rings is 1. The molecule has 0 bridgehead atoms. The highest BCUT2D eigenvalue weighted by atomic mass is 16.2. The van der Waals surface area contributed by atoms with Gasteiger partial charge < -0.3 is 9.80 Å². The first kappa shape index (κ1) is 13.1. The molecule has 1 aliphatic rings. The lowest BCUT2D eigenvalue weighted by molar-refractivity contribution is 0.0533. The summed E-state index contributed by atoms with van der Waals surface area (Å²) in [6.45, 7) is 6.59. The fraction of sp³-hybridized carbons (Fsp3) is 0.500.